The Kier molecular flexibility index (Phi) is 5.90. The van der Waals surface area contributed by atoms with E-state index in [1.807, 2.05) is 66.7 Å². The predicted molar refractivity (Wildman–Crippen MR) is 135 cm³/mol. The summed E-state index contributed by atoms with van der Waals surface area (Å²) < 4.78 is 5.22. The molecule has 0 unspecified atom stereocenters. The summed E-state index contributed by atoms with van der Waals surface area (Å²) in [4.78, 5) is 37.5. The van der Waals surface area contributed by atoms with E-state index in [4.69, 9.17) is 14.7 Å². The molecule has 2 aliphatic rings. The molecule has 0 saturated carbocycles. The van der Waals surface area contributed by atoms with Gasteiger partial charge >= 0.3 is 0 Å². The fraction of sp³-hybridized carbons (Fsp3) is 0.154. The van der Waals surface area contributed by atoms with E-state index >= 15 is 0 Å². The average molecular weight is 471 g/mol. The van der Waals surface area contributed by atoms with Crippen molar-refractivity contribution in [3.05, 3.63) is 90.0 Å². The Balaban J connectivity index is 1.42. The van der Waals surface area contributed by atoms with Gasteiger partial charge in [-0.05, 0) is 36.8 Å². The van der Waals surface area contributed by atoms with Crippen LogP contribution >= 0.6 is 11.8 Å². The van der Waals surface area contributed by atoms with E-state index in [2.05, 4.69) is 5.32 Å². The van der Waals surface area contributed by atoms with E-state index in [9.17, 15) is 9.59 Å². The van der Waals surface area contributed by atoms with Crippen molar-refractivity contribution in [1.82, 2.24) is 4.90 Å². The van der Waals surface area contributed by atoms with Gasteiger partial charge < -0.3 is 10.1 Å². The second-order valence-electron chi connectivity index (χ2n) is 7.83. The Morgan fingerprint density at radius 3 is 2.62 bits per heavy atom. The van der Waals surface area contributed by atoms with Gasteiger partial charge in [-0.1, -0.05) is 60.3 Å². The smallest absolute Gasteiger partial charge is 0.263 e. The van der Waals surface area contributed by atoms with Crippen LogP contribution < -0.4 is 10.1 Å². The molecule has 34 heavy (non-hydrogen) atoms. The third-order valence-corrected chi connectivity index (χ3v) is 6.63. The van der Waals surface area contributed by atoms with Crippen LogP contribution in [0, 0.1) is 0 Å². The SMILES string of the molecule is COc1cccc(NC(=O)[C@H](C)SC2=Nc3ccccc3C3=N[C@H](c4ccccc4)C(=O)N23)c1. The first-order chi connectivity index (χ1) is 16.5. The Morgan fingerprint density at radius 2 is 1.82 bits per heavy atom. The molecule has 8 heteroatoms. The highest BCUT2D eigenvalue weighted by Crippen LogP contribution is 2.38. The number of hydrogen-bond donors (Lipinski definition) is 1. The lowest BCUT2D eigenvalue weighted by molar-refractivity contribution is -0.124. The number of carbonyl (C=O) groups is 2. The fourth-order valence-corrected chi connectivity index (χ4v) is 4.75. The molecule has 7 nitrogen and oxygen atoms in total. The number of amidine groups is 2. The quantitative estimate of drug-likeness (QED) is 0.581. The minimum absolute atomic E-state index is 0.178. The van der Waals surface area contributed by atoms with Gasteiger partial charge in [0.15, 0.2) is 11.2 Å². The van der Waals surface area contributed by atoms with E-state index in [-0.39, 0.29) is 11.8 Å². The molecule has 2 atom stereocenters. The van der Waals surface area contributed by atoms with Crippen molar-refractivity contribution >= 4 is 46.0 Å². The molecule has 0 saturated heterocycles. The molecule has 3 aromatic rings. The second kappa shape index (κ2) is 9.15. The molecule has 2 aliphatic heterocycles. The van der Waals surface area contributed by atoms with Crippen molar-refractivity contribution in [1.29, 1.82) is 0 Å². The van der Waals surface area contributed by atoms with E-state index in [1.165, 1.54) is 11.8 Å². The second-order valence-corrected chi connectivity index (χ2v) is 9.14. The first-order valence-corrected chi connectivity index (χ1v) is 11.7. The van der Waals surface area contributed by atoms with Crippen LogP contribution in [0.5, 0.6) is 5.75 Å². The number of anilines is 1. The van der Waals surface area contributed by atoms with Crippen molar-refractivity contribution < 1.29 is 14.3 Å². The number of para-hydroxylation sites is 1. The number of nitrogens with zero attached hydrogens (tertiary/aromatic N) is 3. The molecule has 170 valence electrons. The maximum atomic E-state index is 13.5. The summed E-state index contributed by atoms with van der Waals surface area (Å²) in [5.41, 5.74) is 2.98. The van der Waals surface area contributed by atoms with Crippen LogP contribution in [-0.4, -0.2) is 40.1 Å². The molecular formula is C26H22N4O3S. The molecule has 0 aromatic heterocycles. The highest BCUT2D eigenvalue weighted by atomic mass is 32.2. The Bertz CT molecular complexity index is 1320. The van der Waals surface area contributed by atoms with Crippen molar-refractivity contribution in [3.63, 3.8) is 0 Å². The van der Waals surface area contributed by atoms with Crippen LogP contribution in [0.4, 0.5) is 11.4 Å². The highest BCUT2D eigenvalue weighted by Gasteiger charge is 2.42. The average Bonchev–Trinajstić information content (AvgIpc) is 3.22. The first-order valence-electron chi connectivity index (χ1n) is 10.8. The number of hydrogen-bond acceptors (Lipinski definition) is 6. The van der Waals surface area contributed by atoms with E-state index < -0.39 is 11.3 Å². The molecule has 0 spiro atoms. The highest BCUT2D eigenvalue weighted by molar-refractivity contribution is 8.15. The maximum absolute atomic E-state index is 13.5. The van der Waals surface area contributed by atoms with Gasteiger partial charge in [0.2, 0.25) is 5.91 Å². The van der Waals surface area contributed by atoms with Crippen molar-refractivity contribution in [2.24, 2.45) is 9.98 Å². The number of fused-ring (bicyclic) bond motifs is 3. The Hall–Kier alpha value is -3.91. The lowest BCUT2D eigenvalue weighted by Gasteiger charge is -2.26. The number of nitrogens with one attached hydrogen (secondary N) is 1. The summed E-state index contributed by atoms with van der Waals surface area (Å²) in [6.45, 7) is 1.79. The summed E-state index contributed by atoms with van der Waals surface area (Å²) in [6.07, 6.45) is 0. The summed E-state index contributed by atoms with van der Waals surface area (Å²) in [6, 6.07) is 23.6. The van der Waals surface area contributed by atoms with Crippen LogP contribution in [0.2, 0.25) is 0 Å². The monoisotopic (exact) mass is 470 g/mol. The Morgan fingerprint density at radius 1 is 1.06 bits per heavy atom. The zero-order valence-corrected chi connectivity index (χ0v) is 19.5. The number of benzene rings is 3. The molecule has 0 bridgehead atoms. The maximum Gasteiger partial charge on any atom is 0.263 e. The van der Waals surface area contributed by atoms with Gasteiger partial charge in [0, 0.05) is 17.3 Å². The topological polar surface area (TPSA) is 83.4 Å². The third kappa shape index (κ3) is 4.08. The van der Waals surface area contributed by atoms with Gasteiger partial charge in [0.05, 0.1) is 18.0 Å². The molecule has 1 N–H and O–H groups in total. The zero-order valence-electron chi connectivity index (χ0n) is 18.6. The summed E-state index contributed by atoms with van der Waals surface area (Å²) in [5.74, 6) is 0.834. The number of amides is 2. The summed E-state index contributed by atoms with van der Waals surface area (Å²) >= 11 is 1.23. The van der Waals surface area contributed by atoms with Gasteiger partial charge in [0.25, 0.3) is 5.91 Å². The molecule has 0 aliphatic carbocycles. The van der Waals surface area contributed by atoms with Crippen molar-refractivity contribution in [3.8, 4) is 5.75 Å². The molecule has 3 aromatic carbocycles. The van der Waals surface area contributed by atoms with Gasteiger partial charge in [0.1, 0.15) is 11.6 Å². The minimum Gasteiger partial charge on any atom is -0.497 e. The standard InChI is InChI=1S/C26H22N4O3S/c1-16(24(31)27-18-11-8-12-19(15-18)33-2)34-26-28-21-14-7-6-13-20(21)23-29-22(25(32)30(23)26)17-9-4-3-5-10-17/h3-16,22H,1-2H3,(H,27,31)/t16-,22+/m0/s1. The normalized spacial score (nSPS) is 17.3. The lowest BCUT2D eigenvalue weighted by Crippen LogP contribution is -2.41. The molecule has 2 amide bonds. The van der Waals surface area contributed by atoms with E-state index in [0.29, 0.717) is 22.4 Å². The number of carbonyl (C=O) groups excluding carboxylic acids is 2. The summed E-state index contributed by atoms with van der Waals surface area (Å²) in [7, 11) is 1.58. The molecule has 2 heterocycles. The third-order valence-electron chi connectivity index (χ3n) is 5.57. The van der Waals surface area contributed by atoms with Crippen LogP contribution in [0.3, 0.4) is 0 Å². The van der Waals surface area contributed by atoms with Crippen molar-refractivity contribution in [2.75, 3.05) is 12.4 Å². The molecule has 0 fully saturated rings. The molecular weight excluding hydrogens is 448 g/mol. The van der Waals surface area contributed by atoms with E-state index in [1.54, 1.807) is 31.1 Å². The van der Waals surface area contributed by atoms with Crippen LogP contribution in [0.15, 0.2) is 88.8 Å². The van der Waals surface area contributed by atoms with Crippen molar-refractivity contribution in [2.45, 2.75) is 18.2 Å². The Labute approximate surface area is 201 Å². The lowest BCUT2D eigenvalue weighted by atomic mass is 10.1. The first kappa shape index (κ1) is 21.9. The van der Waals surface area contributed by atoms with Gasteiger partial charge in [-0.15, -0.1) is 0 Å². The number of thioether (sulfide) groups is 1. The summed E-state index contributed by atoms with van der Waals surface area (Å²) in [5, 5.41) is 2.83. The molecule has 0 radical (unpaired) electrons. The number of rotatable bonds is 5. The predicted octanol–water partition coefficient (Wildman–Crippen LogP) is 4.79. The van der Waals surface area contributed by atoms with Gasteiger partial charge in [-0.25, -0.2) is 14.9 Å². The molecule has 5 rings (SSSR count). The number of ether oxygens (including phenoxy) is 1. The van der Waals surface area contributed by atoms with Crippen LogP contribution in [0.25, 0.3) is 0 Å². The van der Waals surface area contributed by atoms with Gasteiger partial charge in [-0.2, -0.15) is 0 Å². The zero-order chi connectivity index (χ0) is 23.7. The van der Waals surface area contributed by atoms with E-state index in [0.717, 1.165) is 16.8 Å². The minimum atomic E-state index is -0.644. The van der Waals surface area contributed by atoms with Crippen LogP contribution in [-0.2, 0) is 9.59 Å². The number of aliphatic imine (C=N–C) groups is 2. The largest absolute Gasteiger partial charge is 0.497 e. The van der Waals surface area contributed by atoms with Gasteiger partial charge in [-0.3, -0.25) is 9.59 Å². The van der Waals surface area contributed by atoms with Crippen LogP contribution in [0.1, 0.15) is 24.1 Å². The number of methoxy groups -OCH3 is 1. The fourth-order valence-electron chi connectivity index (χ4n) is 3.84.